The molecule has 0 aromatic heterocycles. The van der Waals surface area contributed by atoms with Gasteiger partial charge in [-0.15, -0.1) is 0 Å². The fraction of sp³-hybridized carbons (Fsp3) is 0.455. The molecule has 3 aromatic rings. The third-order valence-corrected chi connectivity index (χ3v) is 6.95. The van der Waals surface area contributed by atoms with Crippen molar-refractivity contribution in [3.63, 3.8) is 0 Å². The van der Waals surface area contributed by atoms with Crippen LogP contribution in [0.2, 0.25) is 0 Å². The molecule has 1 unspecified atom stereocenters. The zero-order valence-corrected chi connectivity index (χ0v) is 21.6. The van der Waals surface area contributed by atoms with Gasteiger partial charge < -0.3 is 9.84 Å². The molecule has 1 atom stereocenters. The topological polar surface area (TPSA) is 29.5 Å². The van der Waals surface area contributed by atoms with Gasteiger partial charge in [0, 0.05) is 0 Å². The number of hydrogen-bond acceptors (Lipinski definition) is 2. The Kier molecular flexibility index (Phi) is 12.1. The Labute approximate surface area is 213 Å². The number of rotatable bonds is 17. The summed E-state index contributed by atoms with van der Waals surface area (Å²) in [4.78, 5) is 0. The van der Waals surface area contributed by atoms with Gasteiger partial charge in [-0.3, -0.25) is 0 Å². The molecule has 3 rings (SSSR count). The molecule has 0 aliphatic heterocycles. The van der Waals surface area contributed by atoms with Crippen LogP contribution in [0.5, 0.6) is 0 Å². The van der Waals surface area contributed by atoms with Crippen molar-refractivity contribution < 1.29 is 9.84 Å². The lowest BCUT2D eigenvalue weighted by molar-refractivity contribution is -0.00660. The third kappa shape index (κ3) is 8.33. The van der Waals surface area contributed by atoms with E-state index in [2.05, 4.69) is 79.7 Å². The number of ether oxygens (including phenoxy) is 1. The average Bonchev–Trinajstić information content (AvgIpc) is 2.92. The molecule has 0 fully saturated rings. The number of benzene rings is 3. The standard InChI is InChI=1S/C33H44O2/c1-2-3-4-5-6-7-8-9-19-26-32(34)27-28-35-33(29-20-13-10-14-21-29,30-22-15-11-16-23-30)31-24-17-12-18-25-31/h10-18,20-25,32,34H,2-9,19,26-28H2,1H3. The molecule has 0 heterocycles. The molecule has 2 heteroatoms. The van der Waals surface area contributed by atoms with E-state index in [4.69, 9.17) is 4.74 Å². The average molecular weight is 473 g/mol. The second kappa shape index (κ2) is 15.5. The maximum Gasteiger partial charge on any atom is 0.143 e. The molecule has 0 bridgehead atoms. The van der Waals surface area contributed by atoms with Gasteiger partial charge in [0.2, 0.25) is 0 Å². The smallest absolute Gasteiger partial charge is 0.143 e. The normalized spacial score (nSPS) is 12.5. The van der Waals surface area contributed by atoms with Crippen molar-refractivity contribution in [1.82, 2.24) is 0 Å². The predicted octanol–water partition coefficient (Wildman–Crippen LogP) is 8.67. The highest BCUT2D eigenvalue weighted by Crippen LogP contribution is 2.40. The van der Waals surface area contributed by atoms with Gasteiger partial charge in [0.1, 0.15) is 5.60 Å². The van der Waals surface area contributed by atoms with Crippen LogP contribution in [0.3, 0.4) is 0 Å². The number of hydrogen-bond donors (Lipinski definition) is 1. The Bertz CT molecular complexity index is 811. The van der Waals surface area contributed by atoms with E-state index >= 15 is 0 Å². The molecule has 0 saturated carbocycles. The minimum atomic E-state index is -0.707. The molecule has 1 N–H and O–H groups in total. The second-order valence-corrected chi connectivity index (χ2v) is 9.69. The van der Waals surface area contributed by atoms with Gasteiger partial charge in [-0.1, -0.05) is 156 Å². The summed E-state index contributed by atoms with van der Waals surface area (Å²) in [5.41, 5.74) is 2.60. The molecule has 3 aromatic carbocycles. The van der Waals surface area contributed by atoms with Gasteiger partial charge in [-0.2, -0.15) is 0 Å². The Morgan fingerprint density at radius 1 is 0.571 bits per heavy atom. The Hall–Kier alpha value is -2.42. The van der Waals surface area contributed by atoms with E-state index in [1.54, 1.807) is 0 Å². The van der Waals surface area contributed by atoms with E-state index in [0.29, 0.717) is 13.0 Å². The van der Waals surface area contributed by atoms with Crippen LogP contribution in [-0.2, 0) is 10.3 Å². The monoisotopic (exact) mass is 472 g/mol. The summed E-state index contributed by atoms with van der Waals surface area (Å²) in [6, 6.07) is 31.4. The van der Waals surface area contributed by atoms with Crippen molar-refractivity contribution in [3.8, 4) is 0 Å². The minimum absolute atomic E-state index is 0.320. The van der Waals surface area contributed by atoms with E-state index in [9.17, 15) is 5.11 Å². The maximum absolute atomic E-state index is 10.7. The lowest BCUT2D eigenvalue weighted by Crippen LogP contribution is -2.34. The van der Waals surface area contributed by atoms with Gasteiger partial charge in [-0.25, -0.2) is 0 Å². The largest absolute Gasteiger partial charge is 0.393 e. The van der Waals surface area contributed by atoms with E-state index in [-0.39, 0.29) is 6.10 Å². The highest BCUT2D eigenvalue weighted by atomic mass is 16.5. The van der Waals surface area contributed by atoms with Crippen molar-refractivity contribution in [2.75, 3.05) is 6.61 Å². The van der Waals surface area contributed by atoms with Crippen LogP contribution >= 0.6 is 0 Å². The summed E-state index contributed by atoms with van der Waals surface area (Å²) in [6.45, 7) is 2.76. The Balaban J connectivity index is 1.58. The lowest BCUT2D eigenvalue weighted by Gasteiger charge is -2.36. The van der Waals surface area contributed by atoms with E-state index < -0.39 is 5.60 Å². The van der Waals surface area contributed by atoms with Crippen LogP contribution in [0.4, 0.5) is 0 Å². The number of aliphatic hydroxyl groups excluding tert-OH is 1. The predicted molar refractivity (Wildman–Crippen MR) is 148 cm³/mol. The first-order chi connectivity index (χ1) is 17.3. The van der Waals surface area contributed by atoms with E-state index in [1.807, 2.05) is 18.2 Å². The highest BCUT2D eigenvalue weighted by Gasteiger charge is 2.37. The molecule has 0 spiro atoms. The van der Waals surface area contributed by atoms with Crippen molar-refractivity contribution in [3.05, 3.63) is 108 Å². The van der Waals surface area contributed by atoms with Gasteiger partial charge in [0.25, 0.3) is 0 Å². The molecular formula is C33H44O2. The summed E-state index contributed by atoms with van der Waals surface area (Å²) >= 11 is 0. The summed E-state index contributed by atoms with van der Waals surface area (Å²) in [7, 11) is 0. The molecule has 0 amide bonds. The van der Waals surface area contributed by atoms with Gasteiger partial charge in [-0.05, 0) is 29.5 Å². The summed E-state index contributed by atoms with van der Waals surface area (Å²) in [5, 5.41) is 10.7. The van der Waals surface area contributed by atoms with Crippen LogP contribution in [0.1, 0.15) is 94.2 Å². The fourth-order valence-corrected chi connectivity index (χ4v) is 4.95. The molecule has 0 radical (unpaired) electrons. The van der Waals surface area contributed by atoms with Crippen molar-refractivity contribution in [2.45, 2.75) is 89.3 Å². The minimum Gasteiger partial charge on any atom is -0.393 e. The number of unbranched alkanes of at least 4 members (excludes halogenated alkanes) is 8. The lowest BCUT2D eigenvalue weighted by atomic mass is 9.80. The van der Waals surface area contributed by atoms with E-state index in [0.717, 1.165) is 29.5 Å². The summed E-state index contributed by atoms with van der Waals surface area (Å²) in [5.74, 6) is 0. The van der Waals surface area contributed by atoms with Crippen molar-refractivity contribution in [1.29, 1.82) is 0 Å². The quantitative estimate of drug-likeness (QED) is 0.157. The molecule has 35 heavy (non-hydrogen) atoms. The molecular weight excluding hydrogens is 428 g/mol. The van der Waals surface area contributed by atoms with Crippen LogP contribution in [0, 0.1) is 0 Å². The molecule has 2 nitrogen and oxygen atoms in total. The Morgan fingerprint density at radius 2 is 0.971 bits per heavy atom. The van der Waals surface area contributed by atoms with Gasteiger partial charge in [0.15, 0.2) is 0 Å². The maximum atomic E-state index is 10.7. The first-order valence-electron chi connectivity index (χ1n) is 13.8. The van der Waals surface area contributed by atoms with Crippen LogP contribution < -0.4 is 0 Å². The zero-order valence-electron chi connectivity index (χ0n) is 21.6. The van der Waals surface area contributed by atoms with Crippen molar-refractivity contribution in [2.24, 2.45) is 0 Å². The van der Waals surface area contributed by atoms with Gasteiger partial charge >= 0.3 is 0 Å². The summed E-state index contributed by atoms with van der Waals surface area (Å²) < 4.78 is 6.79. The van der Waals surface area contributed by atoms with Gasteiger partial charge in [0.05, 0.1) is 12.7 Å². The first kappa shape index (κ1) is 27.2. The van der Waals surface area contributed by atoms with Crippen LogP contribution in [0.25, 0.3) is 0 Å². The Morgan fingerprint density at radius 3 is 1.40 bits per heavy atom. The van der Waals surface area contributed by atoms with Crippen LogP contribution in [0.15, 0.2) is 91.0 Å². The first-order valence-corrected chi connectivity index (χ1v) is 13.8. The van der Waals surface area contributed by atoms with E-state index in [1.165, 1.54) is 51.4 Å². The highest BCUT2D eigenvalue weighted by molar-refractivity contribution is 5.47. The zero-order chi connectivity index (χ0) is 24.6. The second-order valence-electron chi connectivity index (χ2n) is 9.69. The molecule has 0 aliphatic carbocycles. The summed E-state index contributed by atoms with van der Waals surface area (Å²) in [6.07, 6.45) is 12.9. The molecule has 0 aliphatic rings. The third-order valence-electron chi connectivity index (χ3n) is 6.95. The fourth-order valence-electron chi connectivity index (χ4n) is 4.95. The SMILES string of the molecule is CCCCCCCCCCCC(O)CCOC(c1ccccc1)(c1ccccc1)c1ccccc1. The van der Waals surface area contributed by atoms with Crippen molar-refractivity contribution >= 4 is 0 Å². The molecule has 0 saturated heterocycles. The number of aliphatic hydroxyl groups is 1. The molecule has 188 valence electrons. The van der Waals surface area contributed by atoms with Crippen LogP contribution in [-0.4, -0.2) is 17.8 Å².